The lowest BCUT2D eigenvalue weighted by molar-refractivity contribution is -0.150. The molecule has 1 aliphatic carbocycles. The summed E-state index contributed by atoms with van der Waals surface area (Å²) in [4.78, 5) is 9.92. The van der Waals surface area contributed by atoms with Gasteiger partial charge < -0.3 is 14.5 Å². The number of hydrogen-bond acceptors (Lipinski definition) is 5. The monoisotopic (exact) mass is 439 g/mol. The van der Waals surface area contributed by atoms with Gasteiger partial charge in [0.25, 0.3) is 0 Å². The summed E-state index contributed by atoms with van der Waals surface area (Å²) in [5.74, 6) is 1.54. The zero-order valence-electron chi connectivity index (χ0n) is 21.1. The first-order chi connectivity index (χ1) is 15.1. The van der Waals surface area contributed by atoms with Gasteiger partial charge >= 0.3 is 0 Å². The van der Waals surface area contributed by atoms with Gasteiger partial charge in [-0.1, -0.05) is 34.3 Å². The van der Waals surface area contributed by atoms with Crippen molar-refractivity contribution >= 4 is 11.3 Å². The van der Waals surface area contributed by atoms with Gasteiger partial charge in [0.2, 0.25) is 0 Å². The maximum Gasteiger partial charge on any atom is 0.185 e. The van der Waals surface area contributed by atoms with Crippen molar-refractivity contribution in [1.29, 1.82) is 0 Å². The highest BCUT2D eigenvalue weighted by Gasteiger charge is 2.55. The van der Waals surface area contributed by atoms with Gasteiger partial charge in [-0.3, -0.25) is 0 Å². The fourth-order valence-electron chi connectivity index (χ4n) is 5.27. The number of fused-ring (bicyclic) bond motifs is 1. The number of ether oxygens (including phenoxy) is 1. The second-order valence-corrected chi connectivity index (χ2v) is 11.0. The predicted molar refractivity (Wildman–Crippen MR) is 131 cm³/mol. The van der Waals surface area contributed by atoms with Crippen LogP contribution in [0.5, 0.6) is 0 Å². The van der Waals surface area contributed by atoms with Crippen LogP contribution in [0.25, 0.3) is 5.65 Å². The van der Waals surface area contributed by atoms with Gasteiger partial charge in [0, 0.05) is 32.4 Å². The third kappa shape index (κ3) is 3.91. The van der Waals surface area contributed by atoms with Crippen LogP contribution in [-0.2, 0) is 10.3 Å². The Morgan fingerprint density at radius 3 is 2.66 bits per heavy atom. The number of rotatable bonds is 8. The largest absolute Gasteiger partial charge is 0.370 e. The molecule has 0 bridgehead atoms. The molecule has 3 unspecified atom stereocenters. The van der Waals surface area contributed by atoms with Crippen molar-refractivity contribution in [3.63, 3.8) is 0 Å². The van der Waals surface area contributed by atoms with Gasteiger partial charge in [-0.15, -0.1) is 5.10 Å². The Labute approximate surface area is 193 Å². The van der Waals surface area contributed by atoms with Crippen molar-refractivity contribution in [1.82, 2.24) is 19.5 Å². The van der Waals surface area contributed by atoms with Crippen LogP contribution in [-0.4, -0.2) is 52.3 Å². The topological polar surface area (TPSA) is 45.9 Å². The Morgan fingerprint density at radius 1 is 1.38 bits per heavy atom. The maximum absolute atomic E-state index is 6.23. The zero-order chi connectivity index (χ0) is 23.3. The van der Waals surface area contributed by atoms with E-state index < -0.39 is 5.60 Å². The van der Waals surface area contributed by atoms with Crippen molar-refractivity contribution in [2.24, 2.45) is 11.3 Å². The first-order valence-corrected chi connectivity index (χ1v) is 12.2. The highest BCUT2D eigenvalue weighted by molar-refractivity contribution is 5.57. The van der Waals surface area contributed by atoms with Crippen LogP contribution in [0.4, 0.5) is 5.69 Å². The van der Waals surface area contributed by atoms with Gasteiger partial charge in [0.1, 0.15) is 5.60 Å². The molecule has 0 amide bonds. The maximum atomic E-state index is 6.23. The molecule has 3 atom stereocenters. The van der Waals surface area contributed by atoms with Gasteiger partial charge in [0.15, 0.2) is 11.5 Å². The molecule has 2 aliphatic rings. The molecule has 2 aromatic heterocycles. The molecular weight excluding hydrogens is 398 g/mol. The average Bonchev–Trinajstić information content (AvgIpc) is 3.34. The molecule has 2 aromatic rings. The Bertz CT molecular complexity index is 992. The van der Waals surface area contributed by atoms with Crippen LogP contribution in [0.2, 0.25) is 0 Å². The lowest BCUT2D eigenvalue weighted by atomic mass is 9.72. The summed E-state index contributed by atoms with van der Waals surface area (Å²) >= 11 is 0. The molecule has 176 valence electrons. The van der Waals surface area contributed by atoms with E-state index in [0.717, 1.165) is 67.5 Å². The van der Waals surface area contributed by atoms with Crippen LogP contribution in [0.1, 0.15) is 71.7 Å². The van der Waals surface area contributed by atoms with Gasteiger partial charge in [-0.2, -0.15) is 0 Å². The molecule has 0 spiro atoms. The first kappa shape index (κ1) is 23.1. The van der Waals surface area contributed by atoms with Crippen LogP contribution in [0.15, 0.2) is 24.5 Å². The molecule has 4 rings (SSSR count). The molecule has 0 aromatic carbocycles. The summed E-state index contributed by atoms with van der Waals surface area (Å²) in [5, 5.41) is 5.00. The highest BCUT2D eigenvalue weighted by Crippen LogP contribution is 2.48. The molecule has 1 saturated carbocycles. The number of hydrogen-bond donors (Lipinski definition) is 0. The molecule has 0 N–H and O–H groups in total. The number of methoxy groups -OCH3 is 1. The van der Waals surface area contributed by atoms with Gasteiger partial charge in [-0.05, 0) is 62.5 Å². The Balaban J connectivity index is 1.69. The van der Waals surface area contributed by atoms with Crippen LogP contribution < -0.4 is 4.90 Å². The number of nitrogens with zero attached hydrogens (tertiary/aromatic N) is 5. The van der Waals surface area contributed by atoms with Crippen molar-refractivity contribution < 1.29 is 4.74 Å². The number of anilines is 1. The molecule has 3 heterocycles. The van der Waals surface area contributed by atoms with Crippen LogP contribution >= 0.6 is 0 Å². The second-order valence-electron chi connectivity index (χ2n) is 11.0. The number of allylic oxidation sites excluding steroid dienone is 1. The quantitative estimate of drug-likeness (QED) is 0.568. The lowest BCUT2D eigenvalue weighted by Crippen LogP contribution is -2.60. The summed E-state index contributed by atoms with van der Waals surface area (Å²) < 4.78 is 8.21. The molecule has 32 heavy (non-hydrogen) atoms. The predicted octanol–water partition coefficient (Wildman–Crippen LogP) is 5.16. The molecule has 0 radical (unpaired) electrons. The first-order valence-electron chi connectivity index (χ1n) is 12.2. The number of aromatic nitrogens is 3. The van der Waals surface area contributed by atoms with E-state index in [-0.39, 0.29) is 11.5 Å². The number of pyridine rings is 1. The zero-order valence-corrected chi connectivity index (χ0v) is 21.1. The third-order valence-electron chi connectivity index (χ3n) is 7.88. The molecule has 1 aliphatic heterocycles. The van der Waals surface area contributed by atoms with Crippen molar-refractivity contribution in [3.8, 4) is 0 Å². The highest BCUT2D eigenvalue weighted by atomic mass is 16.5. The van der Waals surface area contributed by atoms with E-state index in [1.165, 1.54) is 12.1 Å². The minimum atomic E-state index is -0.496. The Kier molecular flexibility index (Phi) is 6.03. The smallest absolute Gasteiger partial charge is 0.185 e. The van der Waals surface area contributed by atoms with Crippen LogP contribution in [0, 0.1) is 18.3 Å². The molecule has 1 saturated heterocycles. The van der Waals surface area contributed by atoms with Gasteiger partial charge in [-0.25, -0.2) is 9.50 Å². The summed E-state index contributed by atoms with van der Waals surface area (Å²) in [6.45, 7) is 21.0. The lowest BCUT2D eigenvalue weighted by Gasteiger charge is -2.53. The SMILES string of the molecule is C=C(C)N(CC(C)(C)CC)C1CCC1(OC)c1nc2c(C)cc(N3CCC(C)C3)cn2n1. The average molecular weight is 440 g/mol. The summed E-state index contributed by atoms with van der Waals surface area (Å²) in [6, 6.07) is 2.46. The summed E-state index contributed by atoms with van der Waals surface area (Å²) in [7, 11) is 1.81. The van der Waals surface area contributed by atoms with E-state index in [9.17, 15) is 0 Å². The molecule has 6 heteroatoms. The summed E-state index contributed by atoms with van der Waals surface area (Å²) in [5.41, 5.74) is 4.12. The molecular formula is C26H41N5O. The second kappa shape index (κ2) is 8.36. The minimum Gasteiger partial charge on any atom is -0.370 e. The molecule has 6 nitrogen and oxygen atoms in total. The van der Waals surface area contributed by atoms with Crippen LogP contribution in [0.3, 0.4) is 0 Å². The third-order valence-corrected chi connectivity index (χ3v) is 7.88. The molecule has 2 fully saturated rings. The van der Waals surface area contributed by atoms with E-state index >= 15 is 0 Å². The van der Waals surface area contributed by atoms with E-state index in [1.807, 2.05) is 11.6 Å². The van der Waals surface area contributed by atoms with E-state index in [2.05, 4.69) is 70.2 Å². The standard InChI is InChI=1S/C26H41N5O/c1-9-25(6,7)17-30(18(2)3)22-10-12-26(22,32-8)24-27-23-20(5)14-21(16-31(23)28-24)29-13-11-19(4)15-29/h14,16,19,22H,2,9-13,15,17H2,1,3-8H3. The van der Waals surface area contributed by atoms with E-state index in [0.29, 0.717) is 0 Å². The van der Waals surface area contributed by atoms with Crippen molar-refractivity contribution in [3.05, 3.63) is 35.9 Å². The van der Waals surface area contributed by atoms with E-state index in [1.54, 1.807) is 0 Å². The fourth-order valence-corrected chi connectivity index (χ4v) is 5.27. The van der Waals surface area contributed by atoms with E-state index in [4.69, 9.17) is 14.8 Å². The normalized spacial score (nSPS) is 25.9. The Morgan fingerprint density at radius 2 is 2.12 bits per heavy atom. The fraction of sp³-hybridized carbons (Fsp3) is 0.692. The Hall–Kier alpha value is -2.08. The van der Waals surface area contributed by atoms with Crippen molar-refractivity contribution in [2.45, 2.75) is 78.9 Å². The summed E-state index contributed by atoms with van der Waals surface area (Å²) in [6.07, 6.45) is 6.50. The minimum absolute atomic E-state index is 0.201. The number of aryl methyl sites for hydroxylation is 1. The van der Waals surface area contributed by atoms with Gasteiger partial charge in [0.05, 0.1) is 17.9 Å². The van der Waals surface area contributed by atoms with Crippen molar-refractivity contribution in [2.75, 3.05) is 31.6 Å².